The molecule has 0 aliphatic rings. The van der Waals surface area contributed by atoms with Crippen molar-refractivity contribution in [3.8, 4) is 0 Å². The summed E-state index contributed by atoms with van der Waals surface area (Å²) in [6.45, 7) is 3.08. The third-order valence-corrected chi connectivity index (χ3v) is 2.18. The number of nitrogens with zero attached hydrogens (tertiary/aromatic N) is 1. The van der Waals surface area contributed by atoms with E-state index >= 15 is 0 Å². The van der Waals surface area contributed by atoms with Gasteiger partial charge < -0.3 is 15.6 Å². The van der Waals surface area contributed by atoms with Crippen molar-refractivity contribution >= 4 is 17.5 Å². The van der Waals surface area contributed by atoms with Gasteiger partial charge in [0.25, 0.3) is 5.69 Å². The van der Waals surface area contributed by atoms with Crippen molar-refractivity contribution < 1.29 is 14.6 Å². The summed E-state index contributed by atoms with van der Waals surface area (Å²) in [6, 6.07) is 2.79. The van der Waals surface area contributed by atoms with Crippen molar-refractivity contribution in [2.75, 3.05) is 6.61 Å². The zero-order chi connectivity index (χ0) is 12.3. The van der Waals surface area contributed by atoms with Gasteiger partial charge in [0.1, 0.15) is 5.02 Å². The summed E-state index contributed by atoms with van der Waals surface area (Å²) in [5.74, 6) is -0.550. The van der Waals surface area contributed by atoms with E-state index in [9.17, 15) is 10.0 Å². The minimum atomic E-state index is -0.774. The Morgan fingerprint density at radius 2 is 2.25 bits per heavy atom. The SMILES string of the molecule is CC(C)(CO)NC(=O)c1ccc(Cl)c[n+]1[O-]. The van der Waals surface area contributed by atoms with E-state index in [1.54, 1.807) is 13.8 Å². The van der Waals surface area contributed by atoms with Crippen molar-refractivity contribution in [1.82, 2.24) is 5.32 Å². The maximum absolute atomic E-state index is 11.7. The summed E-state index contributed by atoms with van der Waals surface area (Å²) in [5, 5.41) is 23.1. The van der Waals surface area contributed by atoms with Gasteiger partial charge in [0.2, 0.25) is 0 Å². The number of nitrogens with one attached hydrogen (secondary N) is 1. The van der Waals surface area contributed by atoms with Crippen LogP contribution in [-0.2, 0) is 0 Å². The summed E-state index contributed by atoms with van der Waals surface area (Å²) in [5.41, 5.74) is -0.838. The number of carbonyl (C=O) groups is 1. The van der Waals surface area contributed by atoms with Crippen molar-refractivity contribution in [3.05, 3.63) is 34.3 Å². The standard InChI is InChI=1S/C10H13ClN2O3/c1-10(2,6-14)12-9(15)8-4-3-7(11)5-13(8)16/h3-5,14H,6H2,1-2H3,(H,12,15). The van der Waals surface area contributed by atoms with Crippen LogP contribution in [0.15, 0.2) is 18.3 Å². The molecule has 0 spiro atoms. The van der Waals surface area contributed by atoms with E-state index in [-0.39, 0.29) is 17.3 Å². The number of carbonyl (C=O) groups excluding carboxylic acids is 1. The highest BCUT2D eigenvalue weighted by Crippen LogP contribution is 2.06. The van der Waals surface area contributed by atoms with Gasteiger partial charge in [-0.2, -0.15) is 4.73 Å². The van der Waals surface area contributed by atoms with Crippen LogP contribution in [0.4, 0.5) is 0 Å². The van der Waals surface area contributed by atoms with Gasteiger partial charge in [-0.15, -0.1) is 0 Å². The molecule has 0 atom stereocenters. The van der Waals surface area contributed by atoms with Gasteiger partial charge in [-0.05, 0) is 19.9 Å². The molecule has 5 nitrogen and oxygen atoms in total. The molecule has 88 valence electrons. The van der Waals surface area contributed by atoms with E-state index in [1.165, 1.54) is 12.1 Å². The van der Waals surface area contributed by atoms with Gasteiger partial charge in [-0.1, -0.05) is 11.6 Å². The van der Waals surface area contributed by atoms with Crippen LogP contribution in [0.2, 0.25) is 5.02 Å². The molecule has 0 aliphatic heterocycles. The fraction of sp³-hybridized carbons (Fsp3) is 0.400. The number of hydrogen-bond acceptors (Lipinski definition) is 3. The lowest BCUT2D eigenvalue weighted by Crippen LogP contribution is -2.49. The van der Waals surface area contributed by atoms with Crippen LogP contribution in [0, 0.1) is 5.21 Å². The lowest BCUT2D eigenvalue weighted by Gasteiger charge is -2.22. The molecule has 1 aromatic heterocycles. The number of aliphatic hydroxyl groups is 1. The highest BCUT2D eigenvalue weighted by Gasteiger charge is 2.24. The number of aliphatic hydroxyl groups excluding tert-OH is 1. The molecule has 0 aliphatic carbocycles. The smallest absolute Gasteiger partial charge is 0.317 e. The van der Waals surface area contributed by atoms with Crippen molar-refractivity contribution in [1.29, 1.82) is 0 Å². The zero-order valence-electron chi connectivity index (χ0n) is 9.03. The molecule has 0 saturated carbocycles. The average Bonchev–Trinajstić information content (AvgIpc) is 2.16. The lowest BCUT2D eigenvalue weighted by molar-refractivity contribution is -0.607. The van der Waals surface area contributed by atoms with Crippen LogP contribution < -0.4 is 10.0 Å². The molecule has 16 heavy (non-hydrogen) atoms. The molecule has 2 N–H and O–H groups in total. The maximum Gasteiger partial charge on any atom is 0.317 e. The molecule has 0 bridgehead atoms. The molecular formula is C10H13ClN2O3. The first-order valence-electron chi connectivity index (χ1n) is 4.68. The molecule has 0 radical (unpaired) electrons. The van der Waals surface area contributed by atoms with E-state index in [4.69, 9.17) is 16.7 Å². The van der Waals surface area contributed by atoms with Crippen LogP contribution in [0.25, 0.3) is 0 Å². The minimum Gasteiger partial charge on any atom is -0.618 e. The number of hydrogen-bond donors (Lipinski definition) is 2. The van der Waals surface area contributed by atoms with Gasteiger partial charge >= 0.3 is 5.91 Å². The van der Waals surface area contributed by atoms with Gasteiger partial charge in [0, 0.05) is 6.07 Å². The van der Waals surface area contributed by atoms with E-state index in [0.717, 1.165) is 6.20 Å². The Labute approximate surface area is 98.2 Å². The van der Waals surface area contributed by atoms with Gasteiger partial charge in [-0.25, -0.2) is 0 Å². The van der Waals surface area contributed by atoms with E-state index in [2.05, 4.69) is 5.32 Å². The third kappa shape index (κ3) is 3.08. The number of halogens is 1. The Morgan fingerprint density at radius 1 is 1.62 bits per heavy atom. The lowest BCUT2D eigenvalue weighted by atomic mass is 10.1. The van der Waals surface area contributed by atoms with Crippen molar-refractivity contribution in [2.45, 2.75) is 19.4 Å². The molecular weight excluding hydrogens is 232 g/mol. The highest BCUT2D eigenvalue weighted by molar-refractivity contribution is 6.30. The second kappa shape index (κ2) is 4.67. The number of aromatic nitrogens is 1. The average molecular weight is 245 g/mol. The molecule has 0 fully saturated rings. The van der Waals surface area contributed by atoms with Crippen molar-refractivity contribution in [2.24, 2.45) is 0 Å². The normalized spacial score (nSPS) is 11.2. The Kier molecular flexibility index (Phi) is 3.72. The van der Waals surface area contributed by atoms with Crippen LogP contribution in [-0.4, -0.2) is 23.2 Å². The first-order chi connectivity index (χ1) is 7.35. The monoisotopic (exact) mass is 244 g/mol. The van der Waals surface area contributed by atoms with Crippen LogP contribution in [0.3, 0.4) is 0 Å². The minimum absolute atomic E-state index is 0.0640. The second-order valence-electron chi connectivity index (χ2n) is 4.05. The van der Waals surface area contributed by atoms with E-state index in [1.807, 2.05) is 0 Å². The van der Waals surface area contributed by atoms with Gasteiger partial charge in [-0.3, -0.25) is 4.79 Å². The zero-order valence-corrected chi connectivity index (χ0v) is 9.78. The first kappa shape index (κ1) is 12.7. The number of rotatable bonds is 3. The molecule has 1 amide bonds. The Morgan fingerprint density at radius 3 is 2.75 bits per heavy atom. The Bertz CT molecular complexity index is 407. The Hall–Kier alpha value is -1.33. The molecule has 6 heteroatoms. The summed E-state index contributed by atoms with van der Waals surface area (Å²) >= 11 is 5.59. The van der Waals surface area contributed by atoms with Crippen molar-refractivity contribution in [3.63, 3.8) is 0 Å². The summed E-state index contributed by atoms with van der Waals surface area (Å²) in [4.78, 5) is 11.7. The topological polar surface area (TPSA) is 76.3 Å². The van der Waals surface area contributed by atoms with E-state index < -0.39 is 11.4 Å². The largest absolute Gasteiger partial charge is 0.618 e. The molecule has 1 rings (SSSR count). The fourth-order valence-electron chi connectivity index (χ4n) is 1.04. The van der Waals surface area contributed by atoms with Crippen LogP contribution >= 0.6 is 11.6 Å². The maximum atomic E-state index is 11.7. The molecule has 1 heterocycles. The second-order valence-corrected chi connectivity index (χ2v) is 4.49. The van der Waals surface area contributed by atoms with Gasteiger partial charge in [0.15, 0.2) is 6.20 Å². The predicted octanol–water partition coefficient (Wildman–Crippen LogP) is 0.474. The molecule has 0 aromatic carbocycles. The summed E-state index contributed by atoms with van der Waals surface area (Å²) in [6.07, 6.45) is 1.10. The highest BCUT2D eigenvalue weighted by atomic mass is 35.5. The van der Waals surface area contributed by atoms with Gasteiger partial charge in [0.05, 0.1) is 12.1 Å². The quantitative estimate of drug-likeness (QED) is 0.600. The number of pyridine rings is 1. The Balaban J connectivity index is 2.89. The predicted molar refractivity (Wildman–Crippen MR) is 59.0 cm³/mol. The molecule has 0 saturated heterocycles. The number of amides is 1. The van der Waals surface area contributed by atoms with Crippen LogP contribution in [0.1, 0.15) is 24.3 Å². The fourth-order valence-corrected chi connectivity index (χ4v) is 1.19. The molecule has 0 unspecified atom stereocenters. The summed E-state index contributed by atoms with van der Waals surface area (Å²) in [7, 11) is 0. The van der Waals surface area contributed by atoms with Crippen LogP contribution in [0.5, 0.6) is 0 Å². The summed E-state index contributed by atoms with van der Waals surface area (Å²) < 4.78 is 0.394. The first-order valence-corrected chi connectivity index (χ1v) is 5.05. The third-order valence-electron chi connectivity index (χ3n) is 1.96. The molecule has 1 aromatic rings. The van der Waals surface area contributed by atoms with E-state index in [0.29, 0.717) is 4.73 Å².